The molecule has 138 valence electrons. The summed E-state index contributed by atoms with van der Waals surface area (Å²) in [5.74, 6) is -0.449. The molecule has 0 amide bonds. The van der Waals surface area contributed by atoms with Gasteiger partial charge < -0.3 is 9.47 Å². The third-order valence-corrected chi connectivity index (χ3v) is 4.66. The Hall–Kier alpha value is -2.21. The first kappa shape index (κ1) is 18.6. The normalized spacial score (nSPS) is 21.5. The smallest absolute Gasteiger partial charge is 0.337 e. The van der Waals surface area contributed by atoms with Gasteiger partial charge in [0.15, 0.2) is 6.10 Å². The maximum atomic E-state index is 12.2. The average molecular weight is 355 g/mol. The van der Waals surface area contributed by atoms with Gasteiger partial charge in [0.1, 0.15) is 0 Å². The third-order valence-electron chi connectivity index (χ3n) is 4.66. The van der Waals surface area contributed by atoms with Crippen LogP contribution in [0.4, 0.5) is 0 Å². The highest BCUT2D eigenvalue weighted by molar-refractivity contribution is 5.75. The molecule has 5 nitrogen and oxygen atoms in total. The van der Waals surface area contributed by atoms with Crippen LogP contribution >= 0.6 is 0 Å². The van der Waals surface area contributed by atoms with Crippen LogP contribution in [-0.4, -0.2) is 36.9 Å². The fourth-order valence-corrected chi connectivity index (χ4v) is 3.16. The Morgan fingerprint density at radius 2 is 1.73 bits per heavy atom. The van der Waals surface area contributed by atoms with E-state index in [9.17, 15) is 4.79 Å². The molecule has 0 saturated carbocycles. The molecular weight excluding hydrogens is 330 g/mol. The lowest BCUT2D eigenvalue weighted by Gasteiger charge is -2.22. The first-order valence-electron chi connectivity index (χ1n) is 8.86. The molecule has 0 radical (unpaired) electrons. The van der Waals surface area contributed by atoms with Gasteiger partial charge in [-0.2, -0.15) is 5.06 Å². The van der Waals surface area contributed by atoms with Gasteiger partial charge in [0, 0.05) is 19.0 Å². The van der Waals surface area contributed by atoms with E-state index in [4.69, 9.17) is 14.3 Å². The van der Waals surface area contributed by atoms with E-state index in [1.807, 2.05) is 72.7 Å². The molecule has 0 N–H and O–H groups in total. The summed E-state index contributed by atoms with van der Waals surface area (Å²) >= 11 is 0. The zero-order chi connectivity index (χ0) is 18.4. The number of hydrogen-bond donors (Lipinski definition) is 0. The maximum absolute atomic E-state index is 12.2. The van der Waals surface area contributed by atoms with Gasteiger partial charge in [-0.15, -0.1) is 0 Å². The number of nitrogens with zero attached hydrogens (tertiary/aromatic N) is 1. The topological polar surface area (TPSA) is 48.0 Å². The number of hydroxylamine groups is 2. The molecule has 3 rings (SSSR count). The summed E-state index contributed by atoms with van der Waals surface area (Å²) in [5, 5.41) is 1.82. The van der Waals surface area contributed by atoms with E-state index in [-0.39, 0.29) is 18.0 Å². The molecule has 1 aliphatic rings. The molecule has 1 fully saturated rings. The van der Waals surface area contributed by atoms with Gasteiger partial charge in [-0.25, -0.2) is 4.79 Å². The zero-order valence-electron chi connectivity index (χ0n) is 15.2. The third kappa shape index (κ3) is 4.69. The zero-order valence-corrected chi connectivity index (χ0v) is 15.2. The average Bonchev–Trinajstić information content (AvgIpc) is 3.11. The largest absolute Gasteiger partial charge is 0.467 e. The van der Waals surface area contributed by atoms with Crippen molar-refractivity contribution in [2.45, 2.75) is 32.3 Å². The molecule has 0 aromatic heterocycles. The van der Waals surface area contributed by atoms with Gasteiger partial charge in [0.05, 0.1) is 19.8 Å². The lowest BCUT2D eigenvalue weighted by molar-refractivity contribution is -0.187. The van der Waals surface area contributed by atoms with Crippen LogP contribution in [0.1, 0.15) is 18.1 Å². The number of methoxy groups -OCH3 is 1. The number of esters is 1. The first-order valence-corrected chi connectivity index (χ1v) is 8.86. The molecule has 0 aliphatic carbocycles. The lowest BCUT2D eigenvalue weighted by Crippen LogP contribution is -2.36. The molecule has 0 unspecified atom stereocenters. The van der Waals surface area contributed by atoms with E-state index in [2.05, 4.69) is 0 Å². The number of carbonyl (C=O) groups excluding carboxylic acids is 1. The summed E-state index contributed by atoms with van der Waals surface area (Å²) in [5.41, 5.74) is 2.24. The van der Waals surface area contributed by atoms with Gasteiger partial charge >= 0.3 is 5.97 Å². The number of rotatable bonds is 7. The van der Waals surface area contributed by atoms with E-state index < -0.39 is 6.10 Å². The first-order chi connectivity index (χ1) is 12.7. The van der Waals surface area contributed by atoms with Crippen LogP contribution in [0.2, 0.25) is 0 Å². The molecule has 1 heterocycles. The number of ether oxygens (including phenoxy) is 2. The van der Waals surface area contributed by atoms with Gasteiger partial charge in [-0.1, -0.05) is 60.7 Å². The van der Waals surface area contributed by atoms with Crippen molar-refractivity contribution in [3.8, 4) is 0 Å². The van der Waals surface area contributed by atoms with Crippen molar-refractivity contribution in [2.24, 2.45) is 5.92 Å². The highest BCUT2D eigenvalue weighted by atomic mass is 16.7. The number of benzene rings is 2. The molecular formula is C21H25NO4. The summed E-state index contributed by atoms with van der Waals surface area (Å²) < 4.78 is 11.0. The van der Waals surface area contributed by atoms with Crippen molar-refractivity contribution in [2.75, 3.05) is 13.7 Å². The summed E-state index contributed by atoms with van der Waals surface area (Å²) in [6, 6.07) is 20.0. The molecule has 1 aliphatic heterocycles. The second kappa shape index (κ2) is 8.94. The number of hydrogen-bond acceptors (Lipinski definition) is 5. The fraction of sp³-hybridized carbons (Fsp3) is 0.381. The summed E-state index contributed by atoms with van der Waals surface area (Å²) in [7, 11) is 1.39. The number of carbonyl (C=O) groups is 1. The maximum Gasteiger partial charge on any atom is 0.337 e. The van der Waals surface area contributed by atoms with E-state index in [0.29, 0.717) is 19.7 Å². The van der Waals surface area contributed by atoms with Gasteiger partial charge in [0.25, 0.3) is 0 Å². The van der Waals surface area contributed by atoms with E-state index in [1.54, 1.807) is 0 Å². The Morgan fingerprint density at radius 3 is 2.35 bits per heavy atom. The van der Waals surface area contributed by atoms with Gasteiger partial charge in [-0.3, -0.25) is 4.84 Å². The Kier molecular flexibility index (Phi) is 6.39. The minimum absolute atomic E-state index is 0.0881. The second-order valence-electron chi connectivity index (χ2n) is 6.52. The standard InChI is InChI=1S/C21H25NO4/c1-16(25-15-18-11-7-4-8-12-18)19-14-22(26-20(19)21(23)24-2)13-17-9-5-3-6-10-17/h3-12,16,19-20H,13-15H2,1-2H3/t16-,19+,20-/m0/s1. The van der Waals surface area contributed by atoms with Crippen molar-refractivity contribution >= 4 is 5.97 Å². The van der Waals surface area contributed by atoms with Crippen molar-refractivity contribution in [1.29, 1.82) is 0 Å². The van der Waals surface area contributed by atoms with Crippen molar-refractivity contribution in [3.63, 3.8) is 0 Å². The molecule has 2 aromatic rings. The SMILES string of the molecule is COC(=O)[C@H]1ON(Cc2ccccc2)C[C@@H]1[C@H](C)OCc1ccccc1. The van der Waals surface area contributed by atoms with E-state index in [0.717, 1.165) is 11.1 Å². The van der Waals surface area contributed by atoms with Crippen molar-refractivity contribution in [1.82, 2.24) is 5.06 Å². The Balaban J connectivity index is 1.63. The van der Waals surface area contributed by atoms with E-state index in [1.165, 1.54) is 7.11 Å². The lowest BCUT2D eigenvalue weighted by atomic mass is 9.97. The molecule has 0 spiro atoms. The highest BCUT2D eigenvalue weighted by Gasteiger charge is 2.43. The predicted molar refractivity (Wildman–Crippen MR) is 97.9 cm³/mol. The summed E-state index contributed by atoms with van der Waals surface area (Å²) in [6.45, 7) is 3.73. The van der Waals surface area contributed by atoms with Crippen LogP contribution < -0.4 is 0 Å². The molecule has 5 heteroatoms. The second-order valence-corrected chi connectivity index (χ2v) is 6.52. The summed E-state index contributed by atoms with van der Waals surface area (Å²) in [6.07, 6.45) is -0.783. The van der Waals surface area contributed by atoms with Crippen LogP contribution in [0, 0.1) is 5.92 Å². The van der Waals surface area contributed by atoms with Crippen LogP contribution in [0.3, 0.4) is 0 Å². The predicted octanol–water partition coefficient (Wildman–Crippen LogP) is 3.20. The quantitative estimate of drug-likeness (QED) is 0.714. The van der Waals surface area contributed by atoms with Gasteiger partial charge in [-0.05, 0) is 18.1 Å². The van der Waals surface area contributed by atoms with Crippen molar-refractivity contribution in [3.05, 3.63) is 71.8 Å². The summed E-state index contributed by atoms with van der Waals surface area (Å²) in [4.78, 5) is 18.1. The highest BCUT2D eigenvalue weighted by Crippen LogP contribution is 2.28. The Labute approximate surface area is 154 Å². The molecule has 2 aromatic carbocycles. The minimum atomic E-state index is -0.644. The molecule has 0 bridgehead atoms. The van der Waals surface area contributed by atoms with Crippen LogP contribution in [0.15, 0.2) is 60.7 Å². The molecule has 26 heavy (non-hydrogen) atoms. The van der Waals surface area contributed by atoms with Crippen LogP contribution in [0.25, 0.3) is 0 Å². The monoisotopic (exact) mass is 355 g/mol. The van der Waals surface area contributed by atoms with Crippen LogP contribution in [0.5, 0.6) is 0 Å². The Bertz CT molecular complexity index is 692. The van der Waals surface area contributed by atoms with Crippen LogP contribution in [-0.2, 0) is 32.3 Å². The van der Waals surface area contributed by atoms with Crippen molar-refractivity contribution < 1.29 is 19.1 Å². The minimum Gasteiger partial charge on any atom is -0.467 e. The molecule has 3 atom stereocenters. The molecule has 1 saturated heterocycles. The fourth-order valence-electron chi connectivity index (χ4n) is 3.16. The Morgan fingerprint density at radius 1 is 1.12 bits per heavy atom. The van der Waals surface area contributed by atoms with E-state index >= 15 is 0 Å². The van der Waals surface area contributed by atoms with Gasteiger partial charge in [0.2, 0.25) is 0 Å².